The van der Waals surface area contributed by atoms with Crippen LogP contribution in [0.4, 0.5) is 0 Å². The molecule has 2 aromatic rings. The number of hydrogen-bond acceptors (Lipinski definition) is 1. The van der Waals surface area contributed by atoms with Crippen LogP contribution in [0.15, 0.2) is 60.7 Å². The summed E-state index contributed by atoms with van der Waals surface area (Å²) >= 11 is 0.360. The Morgan fingerprint density at radius 1 is 1.00 bits per heavy atom. The van der Waals surface area contributed by atoms with Crippen molar-refractivity contribution in [1.29, 1.82) is 0 Å². The molecule has 1 saturated carbocycles. The van der Waals surface area contributed by atoms with E-state index >= 15 is 0 Å². The number of Topliss-reactive ketones (excluding diaryl/α,β-unsaturated/α-hetero) is 1. The van der Waals surface area contributed by atoms with Crippen LogP contribution < -0.4 is 4.46 Å². The van der Waals surface area contributed by atoms with Gasteiger partial charge in [0.2, 0.25) is 0 Å². The zero-order chi connectivity index (χ0) is 16.1. The number of hydrogen-bond donors (Lipinski definition) is 0. The Labute approximate surface area is 145 Å². The quantitative estimate of drug-likeness (QED) is 0.552. The number of carbonyl (C=O) groups is 1. The number of carbonyl (C=O) groups excluding carboxylic acids is 1. The van der Waals surface area contributed by atoms with Crippen molar-refractivity contribution in [3.8, 4) is 0 Å². The standard InChI is InChI=1S/C21H24OSe/c1-17-12-14-21(15-13-17,23-19-10-6-3-7-11-19)16-20(22)18-8-4-2-5-9-18/h2-11,17H,12-16H2,1H3. The molecule has 1 nitrogen and oxygen atoms in total. The van der Waals surface area contributed by atoms with E-state index in [1.807, 2.05) is 30.3 Å². The summed E-state index contributed by atoms with van der Waals surface area (Å²) in [6.07, 6.45) is 5.62. The second-order valence-corrected chi connectivity index (χ2v) is 9.98. The van der Waals surface area contributed by atoms with Crippen LogP contribution in [-0.4, -0.2) is 20.7 Å². The van der Waals surface area contributed by atoms with E-state index in [1.165, 1.54) is 30.1 Å². The van der Waals surface area contributed by atoms with Crippen molar-refractivity contribution in [3.05, 3.63) is 66.2 Å². The van der Waals surface area contributed by atoms with Gasteiger partial charge in [-0.1, -0.05) is 0 Å². The Bertz CT molecular complexity index is 627. The third kappa shape index (κ3) is 4.34. The van der Waals surface area contributed by atoms with Gasteiger partial charge in [-0.3, -0.25) is 0 Å². The van der Waals surface area contributed by atoms with E-state index in [-0.39, 0.29) is 4.31 Å². The van der Waals surface area contributed by atoms with Gasteiger partial charge < -0.3 is 0 Å². The third-order valence-corrected chi connectivity index (χ3v) is 7.97. The second kappa shape index (κ2) is 7.47. The molecule has 0 bridgehead atoms. The molecule has 1 aliphatic rings. The van der Waals surface area contributed by atoms with E-state index in [0.717, 1.165) is 11.5 Å². The van der Waals surface area contributed by atoms with Crippen molar-refractivity contribution in [3.63, 3.8) is 0 Å². The van der Waals surface area contributed by atoms with E-state index in [1.54, 1.807) is 0 Å². The van der Waals surface area contributed by atoms with Crippen molar-refractivity contribution < 1.29 is 4.79 Å². The first-order chi connectivity index (χ1) is 11.2. The van der Waals surface area contributed by atoms with Crippen LogP contribution in [0.25, 0.3) is 0 Å². The summed E-state index contributed by atoms with van der Waals surface area (Å²) in [5, 5.41) is 0. The van der Waals surface area contributed by atoms with Gasteiger partial charge in [-0.05, 0) is 0 Å². The molecular formula is C21H24OSe. The SMILES string of the molecule is CC1CCC(CC(=O)c2ccccc2)([Se]c2ccccc2)CC1. The summed E-state index contributed by atoms with van der Waals surface area (Å²) in [6.45, 7) is 2.35. The predicted octanol–water partition coefficient (Wildman–Crippen LogP) is 4.66. The van der Waals surface area contributed by atoms with Gasteiger partial charge in [-0.2, -0.15) is 0 Å². The Morgan fingerprint density at radius 2 is 1.57 bits per heavy atom. The first kappa shape index (κ1) is 16.5. The molecule has 0 amide bonds. The first-order valence-electron chi connectivity index (χ1n) is 8.49. The monoisotopic (exact) mass is 372 g/mol. The van der Waals surface area contributed by atoms with Crippen molar-refractivity contribution in [2.24, 2.45) is 5.92 Å². The average Bonchev–Trinajstić information content (AvgIpc) is 2.59. The Hall–Kier alpha value is -1.37. The molecule has 1 aliphatic carbocycles. The second-order valence-electron chi connectivity index (χ2n) is 6.75. The summed E-state index contributed by atoms with van der Waals surface area (Å²) in [5.41, 5.74) is 0.870. The van der Waals surface area contributed by atoms with Gasteiger partial charge in [0.15, 0.2) is 0 Å². The molecule has 2 heteroatoms. The van der Waals surface area contributed by atoms with E-state index in [4.69, 9.17) is 0 Å². The zero-order valence-electron chi connectivity index (χ0n) is 13.7. The molecule has 0 radical (unpaired) electrons. The number of ketones is 1. The molecule has 0 spiro atoms. The normalized spacial score (nSPS) is 24.3. The topological polar surface area (TPSA) is 17.1 Å². The van der Waals surface area contributed by atoms with Crippen LogP contribution in [0, 0.1) is 5.92 Å². The molecule has 0 aromatic heterocycles. The van der Waals surface area contributed by atoms with Gasteiger partial charge in [-0.25, -0.2) is 0 Å². The maximum atomic E-state index is 12.8. The van der Waals surface area contributed by atoms with Crippen LogP contribution in [-0.2, 0) is 0 Å². The van der Waals surface area contributed by atoms with Crippen LogP contribution in [0.2, 0.25) is 4.31 Å². The Balaban J connectivity index is 1.79. The van der Waals surface area contributed by atoms with E-state index in [2.05, 4.69) is 37.3 Å². The Kier molecular flexibility index (Phi) is 5.35. The van der Waals surface area contributed by atoms with Gasteiger partial charge in [0.1, 0.15) is 0 Å². The molecule has 0 saturated heterocycles. The molecule has 3 rings (SSSR count). The molecule has 0 heterocycles. The minimum absolute atomic E-state index is 0.202. The van der Waals surface area contributed by atoms with Crippen molar-refractivity contribution >= 4 is 25.2 Å². The van der Waals surface area contributed by atoms with Crippen LogP contribution in [0.5, 0.6) is 0 Å². The summed E-state index contributed by atoms with van der Waals surface area (Å²) in [6, 6.07) is 20.6. The van der Waals surface area contributed by atoms with Crippen LogP contribution in [0.1, 0.15) is 49.4 Å². The molecule has 1 fully saturated rings. The predicted molar refractivity (Wildman–Crippen MR) is 97.5 cm³/mol. The molecule has 120 valence electrons. The molecular weight excluding hydrogens is 347 g/mol. The fourth-order valence-corrected chi connectivity index (χ4v) is 6.37. The minimum atomic E-state index is 0.202. The third-order valence-electron chi connectivity index (χ3n) is 4.84. The summed E-state index contributed by atoms with van der Waals surface area (Å²) in [5.74, 6) is 1.12. The van der Waals surface area contributed by atoms with Gasteiger partial charge >= 0.3 is 145 Å². The van der Waals surface area contributed by atoms with Gasteiger partial charge in [0.25, 0.3) is 0 Å². The van der Waals surface area contributed by atoms with Gasteiger partial charge in [0, 0.05) is 0 Å². The summed E-state index contributed by atoms with van der Waals surface area (Å²) in [4.78, 5) is 12.8. The maximum absolute atomic E-state index is 12.8. The van der Waals surface area contributed by atoms with Crippen molar-refractivity contribution in [1.82, 2.24) is 0 Å². The molecule has 0 N–H and O–H groups in total. The zero-order valence-corrected chi connectivity index (χ0v) is 15.4. The van der Waals surface area contributed by atoms with Crippen molar-refractivity contribution in [2.45, 2.75) is 43.3 Å². The fourth-order valence-electron chi connectivity index (χ4n) is 3.36. The molecule has 0 atom stereocenters. The van der Waals surface area contributed by atoms with Crippen LogP contribution >= 0.6 is 0 Å². The van der Waals surface area contributed by atoms with Crippen LogP contribution in [0.3, 0.4) is 0 Å². The van der Waals surface area contributed by atoms with Crippen molar-refractivity contribution in [2.75, 3.05) is 0 Å². The molecule has 23 heavy (non-hydrogen) atoms. The average molecular weight is 371 g/mol. The summed E-state index contributed by atoms with van der Waals surface area (Å²) in [7, 11) is 0. The van der Waals surface area contributed by atoms with E-state index < -0.39 is 0 Å². The molecule has 2 aromatic carbocycles. The molecule has 0 aliphatic heterocycles. The van der Waals surface area contributed by atoms with Gasteiger partial charge in [-0.15, -0.1) is 0 Å². The first-order valence-corrected chi connectivity index (χ1v) is 10.2. The Morgan fingerprint density at radius 3 is 2.17 bits per heavy atom. The van der Waals surface area contributed by atoms with E-state index in [0.29, 0.717) is 27.2 Å². The van der Waals surface area contributed by atoms with Gasteiger partial charge in [0.05, 0.1) is 0 Å². The fraction of sp³-hybridized carbons (Fsp3) is 0.381. The van der Waals surface area contributed by atoms with E-state index in [9.17, 15) is 4.79 Å². The number of benzene rings is 2. The number of rotatable bonds is 5. The summed E-state index contributed by atoms with van der Waals surface area (Å²) < 4.78 is 1.63. The molecule has 0 unspecified atom stereocenters.